The van der Waals surface area contributed by atoms with Gasteiger partial charge in [-0.15, -0.1) is 6.58 Å². The summed E-state index contributed by atoms with van der Waals surface area (Å²) >= 11 is 0. The first-order chi connectivity index (χ1) is 5.76. The molecule has 12 heavy (non-hydrogen) atoms. The lowest BCUT2D eigenvalue weighted by Gasteiger charge is -2.10. The number of hydrogen-bond acceptors (Lipinski definition) is 2. The van der Waals surface area contributed by atoms with Crippen LogP contribution < -0.4 is 5.32 Å². The lowest BCUT2D eigenvalue weighted by Crippen LogP contribution is -2.27. The fraction of sp³-hybridized carbons (Fsp3) is 0.700. The van der Waals surface area contributed by atoms with E-state index in [9.17, 15) is 4.79 Å². The van der Waals surface area contributed by atoms with Crippen molar-refractivity contribution in [3.8, 4) is 0 Å². The first kappa shape index (κ1) is 11.4. The maximum absolute atomic E-state index is 11.4. The molecule has 0 amide bonds. The van der Waals surface area contributed by atoms with E-state index in [1.165, 1.54) is 0 Å². The van der Waals surface area contributed by atoms with Gasteiger partial charge in [-0.3, -0.25) is 4.79 Å². The molecule has 70 valence electrons. The number of carbonyl (C=O) groups excluding carboxylic acids is 1. The van der Waals surface area contributed by atoms with Gasteiger partial charge in [0.05, 0.1) is 6.54 Å². The number of rotatable bonds is 7. The van der Waals surface area contributed by atoms with E-state index in [4.69, 9.17) is 0 Å². The standard InChI is InChI=1S/C10H19NO/c1-4-7-11-8-10(12)9(5-2)6-3/h4,9,11H,1,5-8H2,2-3H3. The van der Waals surface area contributed by atoms with Gasteiger partial charge >= 0.3 is 0 Å². The molecule has 0 bridgehead atoms. The average molecular weight is 169 g/mol. The second kappa shape index (κ2) is 7.04. The molecule has 0 spiro atoms. The highest BCUT2D eigenvalue weighted by Gasteiger charge is 2.12. The Labute approximate surface area is 75.0 Å². The molecule has 0 aromatic carbocycles. The molecule has 2 nitrogen and oxygen atoms in total. The number of Topliss-reactive ketones (excluding diaryl/α,β-unsaturated/α-hetero) is 1. The zero-order valence-electron chi connectivity index (χ0n) is 8.10. The van der Waals surface area contributed by atoms with Crippen LogP contribution in [0.2, 0.25) is 0 Å². The molecule has 0 saturated carbocycles. The maximum atomic E-state index is 11.4. The Balaban J connectivity index is 3.61. The zero-order valence-corrected chi connectivity index (χ0v) is 8.10. The SMILES string of the molecule is C=CCNCC(=O)C(CC)CC. The third-order valence-corrected chi connectivity index (χ3v) is 2.03. The molecular formula is C10H19NO. The molecule has 0 aliphatic rings. The summed E-state index contributed by atoms with van der Waals surface area (Å²) in [5.41, 5.74) is 0. The molecule has 0 aliphatic carbocycles. The zero-order chi connectivity index (χ0) is 9.40. The second-order valence-corrected chi connectivity index (χ2v) is 2.90. The van der Waals surface area contributed by atoms with Gasteiger partial charge in [-0.05, 0) is 12.8 Å². The molecule has 1 N–H and O–H groups in total. The summed E-state index contributed by atoms with van der Waals surface area (Å²) in [7, 11) is 0. The van der Waals surface area contributed by atoms with Crippen LogP contribution in [0.3, 0.4) is 0 Å². The van der Waals surface area contributed by atoms with Crippen molar-refractivity contribution in [1.82, 2.24) is 5.32 Å². The van der Waals surface area contributed by atoms with Crippen LogP contribution in [-0.4, -0.2) is 18.9 Å². The van der Waals surface area contributed by atoms with Crippen LogP contribution in [0, 0.1) is 5.92 Å². The van der Waals surface area contributed by atoms with E-state index in [1.807, 2.05) is 0 Å². The Morgan fingerprint density at radius 1 is 1.50 bits per heavy atom. The van der Waals surface area contributed by atoms with Crippen LogP contribution in [0.1, 0.15) is 26.7 Å². The summed E-state index contributed by atoms with van der Waals surface area (Å²) in [6.07, 6.45) is 3.66. The third-order valence-electron chi connectivity index (χ3n) is 2.03. The number of hydrogen-bond donors (Lipinski definition) is 1. The molecule has 0 fully saturated rings. The van der Waals surface area contributed by atoms with Crippen LogP contribution in [0.15, 0.2) is 12.7 Å². The highest BCUT2D eigenvalue weighted by molar-refractivity contribution is 5.82. The van der Waals surface area contributed by atoms with E-state index in [0.717, 1.165) is 12.8 Å². The predicted molar refractivity (Wildman–Crippen MR) is 52.1 cm³/mol. The summed E-state index contributed by atoms with van der Waals surface area (Å²) < 4.78 is 0. The molecule has 0 aromatic heterocycles. The van der Waals surface area contributed by atoms with Crippen LogP contribution >= 0.6 is 0 Å². The molecule has 0 radical (unpaired) electrons. The lowest BCUT2D eigenvalue weighted by molar-refractivity contribution is -0.122. The van der Waals surface area contributed by atoms with Crippen molar-refractivity contribution in [2.75, 3.05) is 13.1 Å². The van der Waals surface area contributed by atoms with E-state index in [1.54, 1.807) is 6.08 Å². The van der Waals surface area contributed by atoms with E-state index in [2.05, 4.69) is 25.7 Å². The molecule has 0 aromatic rings. The molecule has 0 rings (SSSR count). The minimum atomic E-state index is 0.238. The summed E-state index contributed by atoms with van der Waals surface area (Å²) in [5, 5.41) is 3.02. The fourth-order valence-electron chi connectivity index (χ4n) is 1.19. The van der Waals surface area contributed by atoms with E-state index in [-0.39, 0.29) is 5.92 Å². The second-order valence-electron chi connectivity index (χ2n) is 2.90. The van der Waals surface area contributed by atoms with Crippen molar-refractivity contribution in [2.24, 2.45) is 5.92 Å². The van der Waals surface area contributed by atoms with Gasteiger partial charge in [0.2, 0.25) is 0 Å². The summed E-state index contributed by atoms with van der Waals surface area (Å²) in [5.74, 6) is 0.559. The van der Waals surface area contributed by atoms with Crippen LogP contribution in [0.25, 0.3) is 0 Å². The number of carbonyl (C=O) groups is 1. The Hall–Kier alpha value is -0.630. The van der Waals surface area contributed by atoms with Crippen molar-refractivity contribution < 1.29 is 4.79 Å². The summed E-state index contributed by atoms with van der Waals surface area (Å²) in [6.45, 7) is 8.88. The largest absolute Gasteiger partial charge is 0.307 e. The smallest absolute Gasteiger partial charge is 0.149 e. The minimum absolute atomic E-state index is 0.238. The Morgan fingerprint density at radius 2 is 2.08 bits per heavy atom. The third kappa shape index (κ3) is 4.29. The summed E-state index contributed by atoms with van der Waals surface area (Å²) in [6, 6.07) is 0. The van der Waals surface area contributed by atoms with Gasteiger partial charge in [0.15, 0.2) is 0 Å². The number of nitrogens with one attached hydrogen (secondary N) is 1. The van der Waals surface area contributed by atoms with Crippen LogP contribution in [-0.2, 0) is 4.79 Å². The molecule has 2 heteroatoms. The highest BCUT2D eigenvalue weighted by atomic mass is 16.1. The van der Waals surface area contributed by atoms with Crippen molar-refractivity contribution in [1.29, 1.82) is 0 Å². The van der Waals surface area contributed by atoms with Crippen LogP contribution in [0.5, 0.6) is 0 Å². The van der Waals surface area contributed by atoms with Gasteiger partial charge in [-0.25, -0.2) is 0 Å². The molecule has 0 saturated heterocycles. The van der Waals surface area contributed by atoms with Gasteiger partial charge in [0.1, 0.15) is 5.78 Å². The molecule has 0 atom stereocenters. The summed E-state index contributed by atoms with van der Waals surface area (Å²) in [4.78, 5) is 11.4. The monoisotopic (exact) mass is 169 g/mol. The first-order valence-corrected chi connectivity index (χ1v) is 4.60. The minimum Gasteiger partial charge on any atom is -0.307 e. The van der Waals surface area contributed by atoms with Gasteiger partial charge in [0.25, 0.3) is 0 Å². The predicted octanol–water partition coefficient (Wildman–Crippen LogP) is 1.77. The normalized spacial score (nSPS) is 10.2. The van der Waals surface area contributed by atoms with Gasteiger partial charge in [-0.1, -0.05) is 19.9 Å². The van der Waals surface area contributed by atoms with Gasteiger partial charge in [-0.2, -0.15) is 0 Å². The maximum Gasteiger partial charge on any atom is 0.149 e. The molecule has 0 heterocycles. The molecule has 0 aliphatic heterocycles. The highest BCUT2D eigenvalue weighted by Crippen LogP contribution is 2.07. The Morgan fingerprint density at radius 3 is 2.50 bits per heavy atom. The lowest BCUT2D eigenvalue weighted by atomic mass is 9.98. The Bertz CT molecular complexity index is 139. The van der Waals surface area contributed by atoms with E-state index in [0.29, 0.717) is 18.9 Å². The quantitative estimate of drug-likeness (QED) is 0.465. The first-order valence-electron chi connectivity index (χ1n) is 4.60. The molecular weight excluding hydrogens is 150 g/mol. The van der Waals surface area contributed by atoms with Crippen molar-refractivity contribution in [3.63, 3.8) is 0 Å². The Kier molecular flexibility index (Phi) is 6.67. The molecule has 0 unspecified atom stereocenters. The van der Waals surface area contributed by atoms with Crippen LogP contribution in [0.4, 0.5) is 0 Å². The average Bonchev–Trinajstić information content (AvgIpc) is 2.07. The van der Waals surface area contributed by atoms with E-state index >= 15 is 0 Å². The van der Waals surface area contributed by atoms with Crippen molar-refractivity contribution in [3.05, 3.63) is 12.7 Å². The topological polar surface area (TPSA) is 29.1 Å². The van der Waals surface area contributed by atoms with Gasteiger partial charge in [0, 0.05) is 12.5 Å². The van der Waals surface area contributed by atoms with Gasteiger partial charge < -0.3 is 5.32 Å². The fourth-order valence-corrected chi connectivity index (χ4v) is 1.19. The van der Waals surface area contributed by atoms with Crippen molar-refractivity contribution >= 4 is 5.78 Å². The van der Waals surface area contributed by atoms with E-state index < -0.39 is 0 Å². The van der Waals surface area contributed by atoms with Crippen molar-refractivity contribution in [2.45, 2.75) is 26.7 Å². The number of ketones is 1.